The van der Waals surface area contributed by atoms with Crippen LogP contribution in [-0.4, -0.2) is 35.8 Å². The minimum Gasteiger partial charge on any atom is -0.489 e. The predicted octanol–water partition coefficient (Wildman–Crippen LogP) is 2.44. The summed E-state index contributed by atoms with van der Waals surface area (Å²) in [6.45, 7) is 6.88. The van der Waals surface area contributed by atoms with Gasteiger partial charge in [-0.2, -0.15) is 4.98 Å². The summed E-state index contributed by atoms with van der Waals surface area (Å²) >= 11 is 0. The molecule has 0 saturated carbocycles. The van der Waals surface area contributed by atoms with Crippen LogP contribution in [-0.2, 0) is 6.54 Å². The fraction of sp³-hybridized carbons (Fsp3) is 0.438. The molecule has 0 aliphatic rings. The van der Waals surface area contributed by atoms with E-state index in [-0.39, 0.29) is 30.1 Å². The van der Waals surface area contributed by atoms with Gasteiger partial charge in [-0.3, -0.25) is 4.99 Å². The van der Waals surface area contributed by atoms with Crippen molar-refractivity contribution in [2.45, 2.75) is 33.4 Å². The first-order valence-electron chi connectivity index (χ1n) is 7.54. The lowest BCUT2D eigenvalue weighted by molar-refractivity contribution is 0.223. The van der Waals surface area contributed by atoms with Crippen LogP contribution in [0.5, 0.6) is 5.75 Å². The number of nitrogens with zero attached hydrogens (tertiary/aromatic N) is 3. The van der Waals surface area contributed by atoms with Crippen molar-refractivity contribution in [1.29, 1.82) is 0 Å². The third-order valence-corrected chi connectivity index (χ3v) is 3.09. The van der Waals surface area contributed by atoms with Crippen LogP contribution in [0.1, 0.15) is 24.2 Å². The van der Waals surface area contributed by atoms with E-state index in [0.717, 1.165) is 5.75 Å². The normalized spacial score (nSPS) is 12.2. The van der Waals surface area contributed by atoms with Gasteiger partial charge >= 0.3 is 0 Å². The highest BCUT2D eigenvalue weighted by molar-refractivity contribution is 14.0. The minimum absolute atomic E-state index is 0. The number of nitrogens with one attached hydrogen (secondary N) is 2. The Bertz CT molecular complexity index is 659. The third-order valence-electron chi connectivity index (χ3n) is 3.09. The van der Waals surface area contributed by atoms with Gasteiger partial charge in [0.25, 0.3) is 0 Å². The van der Waals surface area contributed by atoms with Gasteiger partial charge in [-0.05, 0) is 31.5 Å². The summed E-state index contributed by atoms with van der Waals surface area (Å²) < 4.78 is 10.8. The van der Waals surface area contributed by atoms with Gasteiger partial charge in [0.2, 0.25) is 5.89 Å². The molecule has 2 aromatic rings. The minimum atomic E-state index is 0. The second kappa shape index (κ2) is 10.1. The Kier molecular flexibility index (Phi) is 8.51. The molecule has 0 fully saturated rings. The number of halogens is 1. The molecule has 0 amide bonds. The quantitative estimate of drug-likeness (QED) is 0.404. The number of guanidine groups is 1. The molecule has 1 unspecified atom stereocenters. The smallest absolute Gasteiger partial charge is 0.223 e. The topological polar surface area (TPSA) is 84.6 Å². The number of benzene rings is 1. The van der Waals surface area contributed by atoms with E-state index in [2.05, 4.69) is 25.8 Å². The van der Waals surface area contributed by atoms with E-state index in [1.54, 1.807) is 14.0 Å². The average molecular weight is 445 g/mol. The zero-order chi connectivity index (χ0) is 16.7. The van der Waals surface area contributed by atoms with Crippen molar-refractivity contribution in [2.75, 3.05) is 13.6 Å². The highest BCUT2D eigenvalue weighted by Gasteiger charge is 2.07. The fourth-order valence-corrected chi connectivity index (χ4v) is 2.00. The van der Waals surface area contributed by atoms with Crippen LogP contribution < -0.4 is 15.4 Å². The first-order valence-corrected chi connectivity index (χ1v) is 7.54. The van der Waals surface area contributed by atoms with Crippen LogP contribution in [0.4, 0.5) is 0 Å². The molecule has 0 bridgehead atoms. The lowest BCUT2D eigenvalue weighted by atomic mass is 10.2. The summed E-state index contributed by atoms with van der Waals surface area (Å²) in [4.78, 5) is 8.28. The van der Waals surface area contributed by atoms with E-state index in [9.17, 15) is 0 Å². The summed E-state index contributed by atoms with van der Waals surface area (Å²) in [6.07, 6.45) is 0.00256. The third kappa shape index (κ3) is 6.73. The van der Waals surface area contributed by atoms with E-state index < -0.39 is 0 Å². The molecule has 1 atom stereocenters. The Hall–Kier alpha value is -1.84. The van der Waals surface area contributed by atoms with Gasteiger partial charge in [0.1, 0.15) is 11.9 Å². The number of ether oxygens (including phenoxy) is 1. The van der Waals surface area contributed by atoms with Crippen molar-refractivity contribution < 1.29 is 9.26 Å². The van der Waals surface area contributed by atoms with Crippen molar-refractivity contribution in [1.82, 2.24) is 20.8 Å². The molecule has 2 rings (SSSR count). The van der Waals surface area contributed by atoms with Crippen LogP contribution in [0.25, 0.3) is 0 Å². The molecule has 132 valence electrons. The molecule has 24 heavy (non-hydrogen) atoms. The Morgan fingerprint density at radius 2 is 2.12 bits per heavy atom. The maximum atomic E-state index is 5.87. The van der Waals surface area contributed by atoms with Crippen LogP contribution in [0.3, 0.4) is 0 Å². The lowest BCUT2D eigenvalue weighted by Crippen LogP contribution is -2.41. The van der Waals surface area contributed by atoms with Gasteiger partial charge in [0.15, 0.2) is 11.8 Å². The van der Waals surface area contributed by atoms with Gasteiger partial charge < -0.3 is 19.9 Å². The van der Waals surface area contributed by atoms with Crippen LogP contribution in [0, 0.1) is 13.8 Å². The van der Waals surface area contributed by atoms with E-state index in [1.165, 1.54) is 5.56 Å². The Morgan fingerprint density at radius 3 is 2.75 bits per heavy atom. The summed E-state index contributed by atoms with van der Waals surface area (Å²) in [5, 5.41) is 10.2. The molecule has 1 aromatic heterocycles. The van der Waals surface area contributed by atoms with E-state index in [1.807, 2.05) is 38.1 Å². The number of hydrogen-bond acceptors (Lipinski definition) is 5. The molecular weight excluding hydrogens is 421 g/mol. The molecule has 0 saturated heterocycles. The number of aromatic nitrogens is 2. The summed E-state index contributed by atoms with van der Waals surface area (Å²) in [6, 6.07) is 8.00. The SMILES string of the molecule is CN=C(NCc1noc(C)n1)NCC(C)Oc1cccc(C)c1.I. The van der Waals surface area contributed by atoms with Gasteiger partial charge in [-0.15, -0.1) is 24.0 Å². The number of aryl methyl sites for hydroxylation is 2. The van der Waals surface area contributed by atoms with E-state index in [0.29, 0.717) is 30.8 Å². The Morgan fingerprint density at radius 1 is 1.33 bits per heavy atom. The van der Waals surface area contributed by atoms with Crippen molar-refractivity contribution in [2.24, 2.45) is 4.99 Å². The molecule has 1 aromatic carbocycles. The van der Waals surface area contributed by atoms with Crippen LogP contribution in [0.2, 0.25) is 0 Å². The summed E-state index contributed by atoms with van der Waals surface area (Å²) in [7, 11) is 1.71. The molecule has 0 radical (unpaired) electrons. The zero-order valence-electron chi connectivity index (χ0n) is 14.4. The van der Waals surface area contributed by atoms with E-state index >= 15 is 0 Å². The number of rotatable bonds is 6. The van der Waals surface area contributed by atoms with Gasteiger partial charge in [-0.1, -0.05) is 17.3 Å². The average Bonchev–Trinajstić information content (AvgIpc) is 2.93. The standard InChI is InChI=1S/C16H23N5O2.HI/c1-11-6-5-7-14(8-11)22-12(2)9-18-16(17-4)19-10-15-20-13(3)23-21-15;/h5-8,12H,9-10H2,1-4H3,(H2,17,18,19);1H. The lowest BCUT2D eigenvalue weighted by Gasteiger charge is -2.17. The van der Waals surface area contributed by atoms with Gasteiger partial charge in [0.05, 0.1) is 13.1 Å². The molecule has 0 spiro atoms. The molecular formula is C16H24IN5O2. The largest absolute Gasteiger partial charge is 0.489 e. The monoisotopic (exact) mass is 445 g/mol. The first-order chi connectivity index (χ1) is 11.1. The summed E-state index contributed by atoms with van der Waals surface area (Å²) in [5.41, 5.74) is 1.18. The summed E-state index contributed by atoms with van der Waals surface area (Å²) in [5.74, 6) is 2.66. The second-order valence-corrected chi connectivity index (χ2v) is 5.28. The maximum absolute atomic E-state index is 5.87. The molecule has 0 aliphatic carbocycles. The molecule has 8 heteroatoms. The van der Waals surface area contributed by atoms with Crippen molar-refractivity contribution in [3.63, 3.8) is 0 Å². The highest BCUT2D eigenvalue weighted by Crippen LogP contribution is 2.13. The number of hydrogen-bond donors (Lipinski definition) is 2. The van der Waals surface area contributed by atoms with E-state index in [4.69, 9.17) is 9.26 Å². The molecule has 0 aliphatic heterocycles. The van der Waals surface area contributed by atoms with Gasteiger partial charge in [-0.25, -0.2) is 0 Å². The maximum Gasteiger partial charge on any atom is 0.223 e. The number of aliphatic imine (C=N–C) groups is 1. The van der Waals surface area contributed by atoms with Crippen molar-refractivity contribution in [3.05, 3.63) is 41.5 Å². The zero-order valence-corrected chi connectivity index (χ0v) is 16.7. The molecule has 1 heterocycles. The van der Waals surface area contributed by atoms with Crippen LogP contribution >= 0.6 is 24.0 Å². The van der Waals surface area contributed by atoms with Crippen molar-refractivity contribution >= 4 is 29.9 Å². The highest BCUT2D eigenvalue weighted by atomic mass is 127. The van der Waals surface area contributed by atoms with Crippen LogP contribution in [0.15, 0.2) is 33.8 Å². The predicted molar refractivity (Wildman–Crippen MR) is 104 cm³/mol. The van der Waals surface area contributed by atoms with Gasteiger partial charge in [0, 0.05) is 14.0 Å². The Labute approximate surface area is 159 Å². The van der Waals surface area contributed by atoms with Crippen molar-refractivity contribution in [3.8, 4) is 5.75 Å². The first kappa shape index (κ1) is 20.2. The second-order valence-electron chi connectivity index (χ2n) is 5.28. The Balaban J connectivity index is 0.00000288. The fourth-order valence-electron chi connectivity index (χ4n) is 2.00. The molecule has 7 nitrogen and oxygen atoms in total. The molecule has 2 N–H and O–H groups in total.